The molecule has 0 bridgehead atoms. The van der Waals surface area contributed by atoms with Crippen LogP contribution >= 0.6 is 11.3 Å². The van der Waals surface area contributed by atoms with Gasteiger partial charge in [-0.15, -0.1) is 11.3 Å². The van der Waals surface area contributed by atoms with Crippen molar-refractivity contribution in [2.75, 3.05) is 32.7 Å². The Hall–Kier alpha value is -1.74. The number of carbonyl (C=O) groups excluding carboxylic acids is 1. The molecule has 0 spiro atoms. The lowest BCUT2D eigenvalue weighted by Crippen LogP contribution is -2.42. The fourth-order valence-corrected chi connectivity index (χ4v) is 7.57. The maximum absolute atomic E-state index is 13.2. The molecule has 3 unspecified atom stereocenters. The summed E-state index contributed by atoms with van der Waals surface area (Å²) in [5.41, 5.74) is 0.385. The second kappa shape index (κ2) is 10.0. The third-order valence-corrected chi connectivity index (χ3v) is 9.28. The first-order valence-corrected chi connectivity index (χ1v) is 13.8. The minimum atomic E-state index is -3.62. The lowest BCUT2D eigenvalue weighted by atomic mass is 9.94. The van der Waals surface area contributed by atoms with Crippen molar-refractivity contribution in [1.82, 2.24) is 14.5 Å². The fraction of sp³-hybridized carbons (Fsp3) is 0.542. The molecule has 6 nitrogen and oxygen atoms in total. The average Bonchev–Trinajstić information content (AvgIpc) is 3.48. The lowest BCUT2D eigenvalue weighted by Gasteiger charge is -2.34. The monoisotopic (exact) mass is 475 g/mol. The fourth-order valence-electron chi connectivity index (χ4n) is 4.98. The zero-order chi connectivity index (χ0) is 22.7. The predicted octanol–water partition coefficient (Wildman–Crippen LogP) is 3.98. The van der Waals surface area contributed by atoms with Crippen LogP contribution in [0.4, 0.5) is 0 Å². The summed E-state index contributed by atoms with van der Waals surface area (Å²) >= 11 is 1.71. The maximum atomic E-state index is 13.2. The van der Waals surface area contributed by atoms with E-state index in [1.54, 1.807) is 33.8 Å². The van der Waals surface area contributed by atoms with Gasteiger partial charge < -0.3 is 5.32 Å². The standard InChI is InChI=1S/C24H33N3O3S2/c1-18-13-19(2)17-27(16-18)32(29,30)21-8-5-7-20(14-21)24(28)25-15-22(23-9-6-12-31-23)26-10-3-4-11-26/h5-9,12,14,18-19,22H,3-4,10-11,13,15-17H2,1-2H3,(H,25,28). The van der Waals surface area contributed by atoms with Crippen LogP contribution < -0.4 is 5.32 Å². The number of hydrogen-bond acceptors (Lipinski definition) is 5. The van der Waals surface area contributed by atoms with E-state index in [4.69, 9.17) is 0 Å². The van der Waals surface area contributed by atoms with E-state index in [0.717, 1.165) is 19.5 Å². The number of carbonyl (C=O) groups is 1. The largest absolute Gasteiger partial charge is 0.350 e. The quantitative estimate of drug-likeness (QED) is 0.658. The van der Waals surface area contributed by atoms with Crippen molar-refractivity contribution in [3.63, 3.8) is 0 Å². The molecule has 2 fully saturated rings. The van der Waals surface area contributed by atoms with Gasteiger partial charge in [-0.25, -0.2) is 8.42 Å². The van der Waals surface area contributed by atoms with E-state index in [1.807, 2.05) is 6.07 Å². The van der Waals surface area contributed by atoms with Crippen molar-refractivity contribution in [1.29, 1.82) is 0 Å². The molecular weight excluding hydrogens is 442 g/mol. The third-order valence-electron chi connectivity index (χ3n) is 6.48. The van der Waals surface area contributed by atoms with Gasteiger partial charge in [0.25, 0.3) is 5.91 Å². The van der Waals surface area contributed by atoms with Crippen molar-refractivity contribution in [3.05, 3.63) is 52.2 Å². The second-order valence-electron chi connectivity index (χ2n) is 9.28. The Bertz CT molecular complexity index is 1010. The molecule has 1 N–H and O–H groups in total. The molecule has 3 atom stereocenters. The Morgan fingerprint density at radius 1 is 1.12 bits per heavy atom. The van der Waals surface area contributed by atoms with Crippen LogP contribution in [-0.2, 0) is 10.0 Å². The van der Waals surface area contributed by atoms with E-state index in [9.17, 15) is 13.2 Å². The first-order chi connectivity index (χ1) is 15.3. The predicted molar refractivity (Wildman–Crippen MR) is 128 cm³/mol. The molecule has 174 valence electrons. The van der Waals surface area contributed by atoms with Gasteiger partial charge in [0.05, 0.1) is 10.9 Å². The van der Waals surface area contributed by atoms with E-state index in [1.165, 1.54) is 23.8 Å². The molecule has 8 heteroatoms. The van der Waals surface area contributed by atoms with E-state index in [-0.39, 0.29) is 16.8 Å². The molecule has 3 heterocycles. The number of hydrogen-bond donors (Lipinski definition) is 1. The molecule has 1 amide bonds. The van der Waals surface area contributed by atoms with Crippen LogP contribution in [0.1, 0.15) is 54.4 Å². The molecular formula is C24H33N3O3S2. The van der Waals surface area contributed by atoms with Crippen LogP contribution in [0.2, 0.25) is 0 Å². The summed E-state index contributed by atoms with van der Waals surface area (Å²) in [6, 6.07) is 10.8. The highest BCUT2D eigenvalue weighted by Crippen LogP contribution is 2.29. The summed E-state index contributed by atoms with van der Waals surface area (Å²) in [7, 11) is -3.62. The molecule has 1 aromatic heterocycles. The van der Waals surface area contributed by atoms with Crippen LogP contribution in [0.15, 0.2) is 46.7 Å². The van der Waals surface area contributed by atoms with Crippen LogP contribution in [0, 0.1) is 11.8 Å². The number of nitrogens with zero attached hydrogens (tertiary/aromatic N) is 2. The normalized spacial score (nSPS) is 23.8. The minimum Gasteiger partial charge on any atom is -0.350 e. The van der Waals surface area contributed by atoms with Gasteiger partial charge in [-0.05, 0) is 73.8 Å². The van der Waals surface area contributed by atoms with Gasteiger partial charge in [-0.3, -0.25) is 9.69 Å². The number of amides is 1. The van der Waals surface area contributed by atoms with E-state index < -0.39 is 10.0 Å². The smallest absolute Gasteiger partial charge is 0.251 e. The molecule has 2 aliphatic heterocycles. The van der Waals surface area contributed by atoms with Gasteiger partial charge in [0.15, 0.2) is 0 Å². The van der Waals surface area contributed by atoms with Crippen LogP contribution in [0.3, 0.4) is 0 Å². The number of thiophene rings is 1. The van der Waals surface area contributed by atoms with Gasteiger partial charge >= 0.3 is 0 Å². The Balaban J connectivity index is 1.47. The summed E-state index contributed by atoms with van der Waals surface area (Å²) in [6.07, 6.45) is 3.41. The molecule has 1 aromatic carbocycles. The number of rotatable bonds is 7. The van der Waals surface area contributed by atoms with Crippen molar-refractivity contribution >= 4 is 27.3 Å². The molecule has 32 heavy (non-hydrogen) atoms. The molecule has 2 saturated heterocycles. The minimum absolute atomic E-state index is 0.157. The van der Waals surface area contributed by atoms with E-state index in [0.29, 0.717) is 37.0 Å². The van der Waals surface area contributed by atoms with Gasteiger partial charge in [0.1, 0.15) is 0 Å². The summed E-state index contributed by atoms with van der Waals surface area (Å²) in [5.74, 6) is 0.433. The summed E-state index contributed by atoms with van der Waals surface area (Å²) in [4.78, 5) is 16.8. The number of piperidine rings is 1. The highest BCUT2D eigenvalue weighted by atomic mass is 32.2. The van der Waals surface area contributed by atoms with Gasteiger partial charge in [0.2, 0.25) is 10.0 Å². The first kappa shape index (κ1) is 23.4. The molecule has 2 aromatic rings. The van der Waals surface area contributed by atoms with Crippen molar-refractivity contribution in [3.8, 4) is 0 Å². The van der Waals surface area contributed by atoms with E-state index in [2.05, 4.69) is 35.5 Å². The maximum Gasteiger partial charge on any atom is 0.251 e. The average molecular weight is 476 g/mol. The van der Waals surface area contributed by atoms with Crippen LogP contribution in [0.25, 0.3) is 0 Å². The zero-order valence-electron chi connectivity index (χ0n) is 18.9. The van der Waals surface area contributed by atoms with Crippen LogP contribution in [-0.4, -0.2) is 56.3 Å². The SMILES string of the molecule is CC1CC(C)CN(S(=O)(=O)c2cccc(C(=O)NCC(c3cccs3)N3CCCC3)c2)C1. The Morgan fingerprint density at radius 3 is 2.50 bits per heavy atom. The number of nitrogens with one attached hydrogen (secondary N) is 1. The van der Waals surface area contributed by atoms with Gasteiger partial charge in [-0.2, -0.15) is 4.31 Å². The highest BCUT2D eigenvalue weighted by molar-refractivity contribution is 7.89. The van der Waals surface area contributed by atoms with Crippen molar-refractivity contribution < 1.29 is 13.2 Å². The number of sulfonamides is 1. The Kier molecular flexibility index (Phi) is 7.34. The topological polar surface area (TPSA) is 69.7 Å². The van der Waals surface area contributed by atoms with Crippen molar-refractivity contribution in [2.24, 2.45) is 11.8 Å². The van der Waals surface area contributed by atoms with Crippen molar-refractivity contribution in [2.45, 2.75) is 44.0 Å². The third kappa shape index (κ3) is 5.25. The molecule has 0 radical (unpaired) electrons. The molecule has 0 saturated carbocycles. The summed E-state index contributed by atoms with van der Waals surface area (Å²) in [5, 5.41) is 5.12. The van der Waals surface area contributed by atoms with Crippen LogP contribution in [0.5, 0.6) is 0 Å². The molecule has 2 aliphatic rings. The molecule has 4 rings (SSSR count). The van der Waals surface area contributed by atoms with E-state index >= 15 is 0 Å². The summed E-state index contributed by atoms with van der Waals surface area (Å²) < 4.78 is 28.0. The first-order valence-electron chi connectivity index (χ1n) is 11.5. The molecule has 0 aliphatic carbocycles. The highest BCUT2D eigenvalue weighted by Gasteiger charge is 2.32. The number of likely N-dealkylation sites (tertiary alicyclic amines) is 1. The second-order valence-corrected chi connectivity index (χ2v) is 12.2. The Morgan fingerprint density at radius 2 is 1.84 bits per heavy atom. The zero-order valence-corrected chi connectivity index (χ0v) is 20.5. The summed E-state index contributed by atoms with van der Waals surface area (Å²) in [6.45, 7) is 7.83. The lowest BCUT2D eigenvalue weighted by molar-refractivity contribution is 0.0938. The number of benzene rings is 1. The van der Waals surface area contributed by atoms with Gasteiger partial charge in [0, 0.05) is 30.1 Å². The Labute approximate surface area is 195 Å². The van der Waals surface area contributed by atoms with Gasteiger partial charge in [-0.1, -0.05) is 26.0 Å².